The van der Waals surface area contributed by atoms with E-state index >= 15 is 0 Å². The standard InChI is InChI=1S/C17H29N7O3/c1-10(2)16(14(25)9-19-23-24-22-18)21-17(26)13-8-12(20-11(3)4)6-7-15(13)27-5/h6-11,16,20,25H,1-5H3,(H,21,26)(H,22,23)(H3,18,19,24)/t16-/m0/s1. The number of amides is 1. The summed E-state index contributed by atoms with van der Waals surface area (Å²) in [5.41, 5.74) is 5.96. The number of hydrazine groups is 1. The van der Waals surface area contributed by atoms with Gasteiger partial charge in [-0.2, -0.15) is 0 Å². The molecule has 0 bridgehead atoms. The van der Waals surface area contributed by atoms with E-state index in [0.717, 1.165) is 5.69 Å². The Kier molecular flexibility index (Phi) is 8.70. The zero-order chi connectivity index (χ0) is 20.4. The van der Waals surface area contributed by atoms with Gasteiger partial charge >= 0.3 is 0 Å². The van der Waals surface area contributed by atoms with Crippen LogP contribution in [-0.4, -0.2) is 30.2 Å². The van der Waals surface area contributed by atoms with Crippen molar-refractivity contribution in [2.24, 2.45) is 22.2 Å². The summed E-state index contributed by atoms with van der Waals surface area (Å²) in [5.74, 6) is 4.76. The van der Waals surface area contributed by atoms with Gasteiger partial charge in [-0.15, -0.1) is 0 Å². The van der Waals surface area contributed by atoms with Crippen LogP contribution in [0, 0.1) is 5.92 Å². The summed E-state index contributed by atoms with van der Waals surface area (Å²) in [6.45, 7) is 7.76. The molecule has 0 aliphatic heterocycles. The van der Waals surface area contributed by atoms with Gasteiger partial charge in [-0.05, 0) is 43.2 Å². The Bertz CT molecular complexity index is 674. The van der Waals surface area contributed by atoms with Gasteiger partial charge < -0.3 is 26.3 Å². The van der Waals surface area contributed by atoms with Gasteiger partial charge in [0.2, 0.25) is 0 Å². The molecule has 0 aliphatic carbocycles. The lowest BCUT2D eigenvalue weighted by Gasteiger charge is -2.23. The normalized spacial score (nSPS) is 12.9. The Morgan fingerprint density at radius 2 is 2.00 bits per heavy atom. The first-order valence-corrected chi connectivity index (χ1v) is 8.55. The highest BCUT2D eigenvalue weighted by atomic mass is 16.5. The van der Waals surface area contributed by atoms with Crippen molar-refractivity contribution in [1.82, 2.24) is 16.3 Å². The highest BCUT2D eigenvalue weighted by molar-refractivity contribution is 5.98. The van der Waals surface area contributed by atoms with Crippen molar-refractivity contribution in [1.29, 1.82) is 0 Å². The van der Waals surface area contributed by atoms with Crippen LogP contribution in [0.1, 0.15) is 38.1 Å². The average molecular weight is 379 g/mol. The number of carbonyl (C=O) groups excluding carboxylic acids is 1. The fourth-order valence-electron chi connectivity index (χ4n) is 2.36. The molecule has 0 aromatic heterocycles. The molecule has 1 amide bonds. The molecule has 27 heavy (non-hydrogen) atoms. The van der Waals surface area contributed by atoms with E-state index in [1.165, 1.54) is 13.3 Å². The number of nitrogens with zero attached hydrogens (tertiary/aromatic N) is 2. The Balaban J connectivity index is 3.01. The van der Waals surface area contributed by atoms with Crippen LogP contribution < -0.4 is 32.2 Å². The molecule has 1 atom stereocenters. The summed E-state index contributed by atoms with van der Waals surface area (Å²) in [4.78, 5) is 12.8. The van der Waals surface area contributed by atoms with E-state index in [4.69, 9.17) is 10.6 Å². The van der Waals surface area contributed by atoms with Crippen molar-refractivity contribution in [3.8, 4) is 5.75 Å². The molecule has 0 unspecified atom stereocenters. The Morgan fingerprint density at radius 1 is 1.30 bits per heavy atom. The van der Waals surface area contributed by atoms with Crippen LogP contribution in [0.15, 0.2) is 40.6 Å². The van der Waals surface area contributed by atoms with E-state index in [2.05, 4.69) is 32.0 Å². The summed E-state index contributed by atoms with van der Waals surface area (Å²) >= 11 is 0. The van der Waals surface area contributed by atoms with Crippen LogP contribution in [0.3, 0.4) is 0 Å². The molecule has 0 fully saturated rings. The number of nitrogens with two attached hydrogens (primary N) is 1. The van der Waals surface area contributed by atoms with E-state index in [-0.39, 0.29) is 23.6 Å². The minimum atomic E-state index is -0.631. The molecule has 0 saturated carbocycles. The third kappa shape index (κ3) is 6.92. The van der Waals surface area contributed by atoms with Crippen molar-refractivity contribution >= 4 is 11.6 Å². The van der Waals surface area contributed by atoms with Crippen molar-refractivity contribution in [2.75, 3.05) is 12.4 Å². The van der Waals surface area contributed by atoms with E-state index in [1.807, 2.05) is 33.8 Å². The summed E-state index contributed by atoms with van der Waals surface area (Å²) < 4.78 is 5.30. The quantitative estimate of drug-likeness (QED) is 0.120. The van der Waals surface area contributed by atoms with Crippen molar-refractivity contribution in [3.05, 3.63) is 35.7 Å². The fraction of sp³-hybridized carbons (Fsp3) is 0.471. The van der Waals surface area contributed by atoms with E-state index < -0.39 is 6.04 Å². The first-order chi connectivity index (χ1) is 12.8. The smallest absolute Gasteiger partial charge is 0.255 e. The lowest BCUT2D eigenvalue weighted by atomic mass is 10.0. The highest BCUT2D eigenvalue weighted by Gasteiger charge is 2.23. The number of aliphatic hydroxyl groups is 1. The number of hydrogen-bond donors (Lipinski definition) is 6. The van der Waals surface area contributed by atoms with Crippen LogP contribution in [0.5, 0.6) is 5.75 Å². The fourth-order valence-corrected chi connectivity index (χ4v) is 2.36. The third-order valence-corrected chi connectivity index (χ3v) is 3.56. The molecular formula is C17H29N7O3. The molecule has 0 heterocycles. The second-order valence-electron chi connectivity index (χ2n) is 6.45. The maximum absolute atomic E-state index is 12.8. The Hall–Kier alpha value is -3.17. The van der Waals surface area contributed by atoms with Gasteiger partial charge in [0, 0.05) is 11.7 Å². The van der Waals surface area contributed by atoms with Gasteiger partial charge in [-0.25, -0.2) is 5.53 Å². The predicted octanol–water partition coefficient (Wildman–Crippen LogP) is 2.00. The SMILES string of the molecule is COc1ccc(NC(C)C)cc1C(=O)N[C@H](C(O)=CNNN=NN)C(C)C. The van der Waals surface area contributed by atoms with Crippen LogP contribution in [0.4, 0.5) is 5.69 Å². The molecule has 0 spiro atoms. The molecule has 0 saturated heterocycles. The monoisotopic (exact) mass is 379 g/mol. The Labute approximate surface area is 159 Å². The van der Waals surface area contributed by atoms with Gasteiger partial charge in [0.25, 0.3) is 5.91 Å². The molecule has 1 aromatic rings. The van der Waals surface area contributed by atoms with Gasteiger partial charge in [-0.3, -0.25) is 10.2 Å². The van der Waals surface area contributed by atoms with E-state index in [0.29, 0.717) is 11.3 Å². The zero-order valence-electron chi connectivity index (χ0n) is 16.3. The number of rotatable bonds is 10. The number of carbonyl (C=O) groups is 1. The molecule has 1 aromatic carbocycles. The highest BCUT2D eigenvalue weighted by Crippen LogP contribution is 2.24. The lowest BCUT2D eigenvalue weighted by molar-refractivity contribution is 0.0918. The summed E-state index contributed by atoms with van der Waals surface area (Å²) in [6.07, 6.45) is 1.26. The van der Waals surface area contributed by atoms with Crippen molar-refractivity contribution < 1.29 is 14.6 Å². The largest absolute Gasteiger partial charge is 0.509 e. The van der Waals surface area contributed by atoms with Gasteiger partial charge in [0.15, 0.2) is 0 Å². The molecule has 7 N–H and O–H groups in total. The second-order valence-corrected chi connectivity index (χ2v) is 6.45. The second kappa shape index (κ2) is 10.7. The third-order valence-electron chi connectivity index (χ3n) is 3.56. The average Bonchev–Trinajstić information content (AvgIpc) is 2.62. The van der Waals surface area contributed by atoms with Crippen LogP contribution in [0.25, 0.3) is 0 Å². The molecule has 0 radical (unpaired) electrons. The molecule has 10 heteroatoms. The van der Waals surface area contributed by atoms with E-state index in [1.54, 1.807) is 12.1 Å². The Morgan fingerprint density at radius 3 is 2.56 bits per heavy atom. The number of hydrogen-bond acceptors (Lipinski definition) is 7. The first kappa shape index (κ1) is 21.9. The zero-order valence-corrected chi connectivity index (χ0v) is 16.3. The first-order valence-electron chi connectivity index (χ1n) is 8.55. The minimum Gasteiger partial charge on any atom is -0.509 e. The molecule has 0 aliphatic rings. The van der Waals surface area contributed by atoms with Crippen LogP contribution in [0.2, 0.25) is 0 Å². The minimum absolute atomic E-state index is 0.0777. The van der Waals surface area contributed by atoms with Gasteiger partial charge in [0.1, 0.15) is 11.5 Å². The number of ether oxygens (including phenoxy) is 1. The lowest BCUT2D eigenvalue weighted by Crippen LogP contribution is -2.41. The van der Waals surface area contributed by atoms with Crippen molar-refractivity contribution in [2.45, 2.75) is 39.8 Å². The number of nitrogens with one attached hydrogen (secondary N) is 4. The number of aliphatic hydroxyl groups excluding tert-OH is 1. The van der Waals surface area contributed by atoms with Crippen LogP contribution in [-0.2, 0) is 0 Å². The molecule has 1 rings (SSSR count). The molecule has 10 nitrogen and oxygen atoms in total. The topological polar surface area (TPSA) is 145 Å². The summed E-state index contributed by atoms with van der Waals surface area (Å²) in [6, 6.07) is 4.87. The molecular weight excluding hydrogens is 350 g/mol. The van der Waals surface area contributed by atoms with E-state index in [9.17, 15) is 9.90 Å². The van der Waals surface area contributed by atoms with Crippen LogP contribution >= 0.6 is 0 Å². The summed E-state index contributed by atoms with van der Waals surface area (Å²) in [7, 11) is 1.50. The number of anilines is 1. The number of methoxy groups -OCH3 is 1. The van der Waals surface area contributed by atoms with Crippen molar-refractivity contribution in [3.63, 3.8) is 0 Å². The van der Waals surface area contributed by atoms with Gasteiger partial charge in [0.05, 0.1) is 24.9 Å². The maximum atomic E-state index is 12.8. The maximum Gasteiger partial charge on any atom is 0.255 e. The predicted molar refractivity (Wildman–Crippen MR) is 104 cm³/mol. The molecule has 150 valence electrons. The summed E-state index contributed by atoms with van der Waals surface area (Å²) in [5, 5.41) is 22.6. The number of benzene rings is 1. The van der Waals surface area contributed by atoms with Gasteiger partial charge in [-0.1, -0.05) is 19.1 Å².